The molecule has 0 aliphatic carbocycles. The third-order valence-corrected chi connectivity index (χ3v) is 2.50. The molecule has 0 atom stereocenters. The number of benzene rings is 1. The van der Waals surface area contributed by atoms with E-state index < -0.39 is 10.3 Å². The largest absolute Gasteiger partial charge is 0.380 e. The van der Waals surface area contributed by atoms with E-state index in [-0.39, 0.29) is 5.52 Å². The molecular weight excluding hydrogens is 206 g/mol. The van der Waals surface area contributed by atoms with Gasteiger partial charge in [0.1, 0.15) is 11.0 Å². The molecule has 0 saturated carbocycles. The highest BCUT2D eigenvalue weighted by Crippen LogP contribution is 2.13. The summed E-state index contributed by atoms with van der Waals surface area (Å²) in [6, 6.07) is 4.94. The molecule has 7 heteroatoms. The highest BCUT2D eigenvalue weighted by molar-refractivity contribution is 7.84. The highest BCUT2D eigenvalue weighted by atomic mass is 32.2. The fraction of sp³-hybridized carbons (Fsp3) is 0.143. The Morgan fingerprint density at radius 3 is 2.79 bits per heavy atom. The lowest BCUT2D eigenvalue weighted by atomic mass is 10.2. The summed E-state index contributed by atoms with van der Waals surface area (Å²) in [5.41, 5.74) is 1.64. The molecule has 0 spiro atoms. The number of hydrogen-bond acceptors (Lipinski definition) is 4. The molecule has 0 radical (unpaired) electrons. The Labute approximate surface area is 80.0 Å². The molecule has 0 fully saturated rings. The molecule has 14 heavy (non-hydrogen) atoms. The van der Waals surface area contributed by atoms with Crippen LogP contribution in [0.25, 0.3) is 11.0 Å². The van der Waals surface area contributed by atoms with Crippen LogP contribution in [0.5, 0.6) is 0 Å². The van der Waals surface area contributed by atoms with E-state index in [9.17, 15) is 8.42 Å². The minimum Gasteiger partial charge on any atom is -0.268 e. The summed E-state index contributed by atoms with van der Waals surface area (Å²) < 4.78 is 30.9. The molecule has 0 aliphatic rings. The van der Waals surface area contributed by atoms with E-state index in [1.54, 1.807) is 18.2 Å². The molecule has 6 nitrogen and oxygen atoms in total. The van der Waals surface area contributed by atoms with E-state index in [0.717, 1.165) is 5.56 Å². The van der Waals surface area contributed by atoms with Crippen LogP contribution in [-0.2, 0) is 10.3 Å². The van der Waals surface area contributed by atoms with Gasteiger partial charge in [0.15, 0.2) is 0 Å². The van der Waals surface area contributed by atoms with Crippen LogP contribution < -0.4 is 0 Å². The zero-order valence-electron chi connectivity index (χ0n) is 7.25. The lowest BCUT2D eigenvalue weighted by Gasteiger charge is -1.95. The predicted octanol–water partition coefficient (Wildman–Crippen LogP) is 0.391. The predicted molar refractivity (Wildman–Crippen MR) is 49.2 cm³/mol. The highest BCUT2D eigenvalue weighted by Gasteiger charge is 2.14. The van der Waals surface area contributed by atoms with Crippen molar-refractivity contribution in [1.29, 1.82) is 0 Å². The molecule has 1 aromatic heterocycles. The maximum Gasteiger partial charge on any atom is 0.380 e. The monoisotopic (exact) mass is 213 g/mol. The van der Waals surface area contributed by atoms with E-state index in [0.29, 0.717) is 9.60 Å². The summed E-state index contributed by atoms with van der Waals surface area (Å²) >= 11 is 0. The Kier molecular flexibility index (Phi) is 1.79. The lowest BCUT2D eigenvalue weighted by Crippen LogP contribution is -2.12. The van der Waals surface area contributed by atoms with Crippen molar-refractivity contribution in [3.05, 3.63) is 23.8 Å². The van der Waals surface area contributed by atoms with Gasteiger partial charge in [-0.1, -0.05) is 6.07 Å². The molecule has 74 valence electrons. The van der Waals surface area contributed by atoms with E-state index in [4.69, 9.17) is 4.55 Å². The van der Waals surface area contributed by atoms with Gasteiger partial charge in [-0.05, 0) is 29.8 Å². The average Bonchev–Trinajstić information content (AvgIpc) is 2.45. The van der Waals surface area contributed by atoms with Gasteiger partial charge in [-0.3, -0.25) is 4.55 Å². The van der Waals surface area contributed by atoms with E-state index in [1.165, 1.54) is 0 Å². The second-order valence-electron chi connectivity index (χ2n) is 2.90. The molecule has 0 unspecified atom stereocenters. The fourth-order valence-corrected chi connectivity index (χ4v) is 1.71. The van der Waals surface area contributed by atoms with Crippen molar-refractivity contribution in [2.24, 2.45) is 0 Å². The van der Waals surface area contributed by atoms with Crippen LogP contribution >= 0.6 is 0 Å². The molecule has 1 aromatic carbocycles. The number of rotatable bonds is 1. The van der Waals surface area contributed by atoms with Crippen molar-refractivity contribution in [3.63, 3.8) is 0 Å². The number of fused-ring (bicyclic) bond motifs is 1. The number of nitrogens with zero attached hydrogens (tertiary/aromatic N) is 3. The van der Waals surface area contributed by atoms with Crippen LogP contribution in [0.1, 0.15) is 5.56 Å². The summed E-state index contributed by atoms with van der Waals surface area (Å²) in [5.74, 6) is 0. The molecule has 2 rings (SSSR count). The third-order valence-electron chi connectivity index (χ3n) is 1.79. The molecule has 0 bridgehead atoms. The molecule has 0 saturated heterocycles. The first-order valence-electron chi connectivity index (χ1n) is 3.78. The summed E-state index contributed by atoms with van der Waals surface area (Å²) in [7, 11) is -4.36. The Morgan fingerprint density at radius 2 is 2.14 bits per heavy atom. The first-order valence-corrected chi connectivity index (χ1v) is 5.18. The maximum absolute atomic E-state index is 10.8. The SMILES string of the molecule is Cc1ccc2c(c1)nnn2S(=O)(=O)O. The van der Waals surface area contributed by atoms with Crippen LogP contribution in [0.3, 0.4) is 0 Å². The van der Waals surface area contributed by atoms with E-state index >= 15 is 0 Å². The Morgan fingerprint density at radius 1 is 1.43 bits per heavy atom. The topological polar surface area (TPSA) is 85.1 Å². The molecule has 0 amide bonds. The van der Waals surface area contributed by atoms with Gasteiger partial charge in [0, 0.05) is 0 Å². The van der Waals surface area contributed by atoms with Gasteiger partial charge in [0.25, 0.3) is 0 Å². The Bertz CT molecular complexity index is 587. The normalized spacial score (nSPS) is 12.1. The van der Waals surface area contributed by atoms with E-state index in [2.05, 4.69) is 10.3 Å². The maximum atomic E-state index is 10.8. The standard InChI is InChI=1S/C7H7N3O3S/c1-5-2-3-7-6(4-5)8-9-10(7)14(11,12)13/h2-4H,1H3,(H,11,12,13). The van der Waals surface area contributed by atoms with Gasteiger partial charge >= 0.3 is 10.3 Å². The smallest absolute Gasteiger partial charge is 0.268 e. The molecule has 1 heterocycles. The summed E-state index contributed by atoms with van der Waals surface area (Å²) in [4.78, 5) is 0. The van der Waals surface area contributed by atoms with Crippen molar-refractivity contribution in [2.75, 3.05) is 0 Å². The zero-order valence-corrected chi connectivity index (χ0v) is 8.06. The lowest BCUT2D eigenvalue weighted by molar-refractivity contribution is 0.466. The summed E-state index contributed by atoms with van der Waals surface area (Å²) in [5, 5.41) is 6.96. The van der Waals surface area contributed by atoms with Crippen LogP contribution in [-0.4, -0.2) is 27.4 Å². The van der Waals surface area contributed by atoms with Gasteiger partial charge in [-0.2, -0.15) is 8.42 Å². The second-order valence-corrected chi connectivity index (χ2v) is 4.14. The van der Waals surface area contributed by atoms with Crippen molar-refractivity contribution in [1.82, 2.24) is 14.4 Å². The Hall–Kier alpha value is -1.47. The fourth-order valence-electron chi connectivity index (χ4n) is 1.18. The van der Waals surface area contributed by atoms with Crippen LogP contribution in [0.15, 0.2) is 18.2 Å². The third kappa shape index (κ3) is 1.36. The molecule has 1 N–H and O–H groups in total. The Balaban J connectivity index is 2.83. The molecule has 2 aromatic rings. The quantitative estimate of drug-likeness (QED) is 0.692. The molecular formula is C7H7N3O3S. The van der Waals surface area contributed by atoms with Crippen molar-refractivity contribution in [3.8, 4) is 0 Å². The second kappa shape index (κ2) is 2.76. The first kappa shape index (κ1) is 9.10. The average molecular weight is 213 g/mol. The van der Waals surface area contributed by atoms with Crippen LogP contribution in [0.2, 0.25) is 0 Å². The van der Waals surface area contributed by atoms with Crippen molar-refractivity contribution in [2.45, 2.75) is 6.92 Å². The zero-order chi connectivity index (χ0) is 10.3. The van der Waals surface area contributed by atoms with Gasteiger partial charge < -0.3 is 0 Å². The van der Waals surface area contributed by atoms with Crippen molar-refractivity contribution >= 4 is 21.3 Å². The van der Waals surface area contributed by atoms with Gasteiger partial charge in [-0.25, -0.2) is 0 Å². The van der Waals surface area contributed by atoms with Crippen molar-refractivity contribution < 1.29 is 13.0 Å². The van der Waals surface area contributed by atoms with Gasteiger partial charge in [-0.15, -0.1) is 9.19 Å². The number of aryl methyl sites for hydroxylation is 1. The van der Waals surface area contributed by atoms with Gasteiger partial charge in [0.2, 0.25) is 0 Å². The first-order chi connectivity index (χ1) is 6.48. The minimum atomic E-state index is -4.36. The van der Waals surface area contributed by atoms with Crippen LogP contribution in [0.4, 0.5) is 0 Å². The minimum absolute atomic E-state index is 0.262. The summed E-state index contributed by atoms with van der Waals surface area (Å²) in [6.07, 6.45) is 0. The van der Waals surface area contributed by atoms with Gasteiger partial charge in [0.05, 0.1) is 0 Å². The van der Waals surface area contributed by atoms with Crippen LogP contribution in [0, 0.1) is 6.92 Å². The number of aromatic nitrogens is 3. The molecule has 0 aliphatic heterocycles. The number of hydrogen-bond donors (Lipinski definition) is 1. The van der Waals surface area contributed by atoms with E-state index in [1.807, 2.05) is 6.92 Å². The summed E-state index contributed by atoms with van der Waals surface area (Å²) in [6.45, 7) is 1.85.